The molecule has 0 bridgehead atoms. The maximum Gasteiger partial charge on any atom is 0.312 e. The molecule has 0 aromatic carbocycles. The lowest BCUT2D eigenvalue weighted by Gasteiger charge is -2.07. The van der Waals surface area contributed by atoms with Crippen LogP contribution in [0.3, 0.4) is 0 Å². The molecule has 0 aliphatic rings. The molecule has 1 atom stereocenters. The second-order valence-electron chi connectivity index (χ2n) is 2.72. The van der Waals surface area contributed by atoms with E-state index in [-0.39, 0.29) is 0 Å². The van der Waals surface area contributed by atoms with Crippen molar-refractivity contribution in [3.05, 3.63) is 11.8 Å². The van der Waals surface area contributed by atoms with Crippen molar-refractivity contribution in [1.29, 1.82) is 0 Å². The number of H-pyrrole nitrogens is 1. The Morgan fingerprint density at radius 1 is 1.77 bits per heavy atom. The fourth-order valence-electron chi connectivity index (χ4n) is 1.11. The van der Waals surface area contributed by atoms with Gasteiger partial charge >= 0.3 is 5.97 Å². The fraction of sp³-hybridized carbons (Fsp3) is 0.429. The van der Waals surface area contributed by atoms with Gasteiger partial charge in [-0.2, -0.15) is 5.10 Å². The van der Waals surface area contributed by atoms with E-state index in [1.807, 2.05) is 0 Å². The van der Waals surface area contributed by atoms with Crippen LogP contribution in [0, 0.1) is 0 Å². The summed E-state index contributed by atoms with van der Waals surface area (Å²) in [5, 5.41) is 15.0. The summed E-state index contributed by atoms with van der Waals surface area (Å²) in [6.07, 6.45) is 0.372. The summed E-state index contributed by atoms with van der Waals surface area (Å²) >= 11 is 0. The van der Waals surface area contributed by atoms with Crippen molar-refractivity contribution in [2.45, 2.75) is 12.3 Å². The molecule has 72 valence electrons. The summed E-state index contributed by atoms with van der Waals surface area (Å²) in [6, 6.07) is 1.51. The molecule has 0 fully saturated rings. The van der Waals surface area contributed by atoms with Crippen molar-refractivity contribution in [2.24, 2.45) is 5.73 Å². The largest absolute Gasteiger partial charge is 0.481 e. The predicted molar refractivity (Wildman–Crippen MR) is 47.0 cm³/mol. The zero-order valence-electron chi connectivity index (χ0n) is 7.03. The number of carbonyl (C=O) groups is 1. The van der Waals surface area contributed by atoms with Gasteiger partial charge in [-0.1, -0.05) is 0 Å². The maximum atomic E-state index is 10.8. The molecule has 13 heavy (non-hydrogen) atoms. The number of rotatable bonds is 4. The van der Waals surface area contributed by atoms with E-state index < -0.39 is 11.9 Å². The molecule has 0 saturated carbocycles. The number of hydrogen-bond donors (Lipinski definition) is 4. The number of aromatic nitrogens is 2. The Morgan fingerprint density at radius 3 is 2.85 bits per heavy atom. The number of aliphatic carboxylic acids is 1. The van der Waals surface area contributed by atoms with Crippen LogP contribution in [-0.2, 0) is 4.79 Å². The summed E-state index contributed by atoms with van der Waals surface area (Å²) in [6.45, 7) is 0.315. The van der Waals surface area contributed by atoms with Gasteiger partial charge in [-0.05, 0) is 13.0 Å². The van der Waals surface area contributed by atoms with Crippen LogP contribution in [0.2, 0.25) is 0 Å². The van der Waals surface area contributed by atoms with Crippen LogP contribution < -0.4 is 11.5 Å². The molecule has 1 unspecified atom stereocenters. The van der Waals surface area contributed by atoms with E-state index in [1.54, 1.807) is 0 Å². The Hall–Kier alpha value is -1.56. The lowest BCUT2D eigenvalue weighted by Crippen LogP contribution is -2.16. The lowest BCUT2D eigenvalue weighted by molar-refractivity contribution is -0.139. The van der Waals surface area contributed by atoms with Crippen LogP contribution in [0.1, 0.15) is 18.0 Å². The molecule has 6 heteroatoms. The highest BCUT2D eigenvalue weighted by Crippen LogP contribution is 2.18. The Bertz CT molecular complexity index is 296. The Kier molecular flexibility index (Phi) is 2.86. The summed E-state index contributed by atoms with van der Waals surface area (Å²) in [5.41, 5.74) is 11.1. The van der Waals surface area contributed by atoms with E-state index in [2.05, 4.69) is 10.2 Å². The third-order valence-corrected chi connectivity index (χ3v) is 1.75. The average Bonchev–Trinajstić information content (AvgIpc) is 2.46. The first-order chi connectivity index (χ1) is 6.15. The van der Waals surface area contributed by atoms with Crippen molar-refractivity contribution in [3.8, 4) is 0 Å². The molecule has 1 aromatic heterocycles. The van der Waals surface area contributed by atoms with Gasteiger partial charge in [0.2, 0.25) is 0 Å². The summed E-state index contributed by atoms with van der Waals surface area (Å²) in [7, 11) is 0. The summed E-state index contributed by atoms with van der Waals surface area (Å²) < 4.78 is 0. The Labute approximate surface area is 74.9 Å². The van der Waals surface area contributed by atoms with Gasteiger partial charge in [0.05, 0.1) is 11.6 Å². The number of aromatic amines is 1. The molecular weight excluding hydrogens is 172 g/mol. The van der Waals surface area contributed by atoms with Gasteiger partial charge in [-0.3, -0.25) is 9.89 Å². The minimum Gasteiger partial charge on any atom is -0.481 e. The molecule has 1 aromatic rings. The van der Waals surface area contributed by atoms with Crippen LogP contribution in [0.5, 0.6) is 0 Å². The average molecular weight is 184 g/mol. The number of hydrogen-bond acceptors (Lipinski definition) is 4. The predicted octanol–water partition coefficient (Wildman–Crippen LogP) is -0.491. The molecular formula is C7H12N4O2. The number of carboxylic acid groups (broad SMARTS) is 1. The van der Waals surface area contributed by atoms with Crippen LogP contribution in [0.4, 0.5) is 5.82 Å². The first kappa shape index (κ1) is 9.53. The van der Waals surface area contributed by atoms with Crippen LogP contribution >= 0.6 is 0 Å². The van der Waals surface area contributed by atoms with Gasteiger partial charge in [-0.15, -0.1) is 0 Å². The van der Waals surface area contributed by atoms with E-state index >= 15 is 0 Å². The van der Waals surface area contributed by atoms with Gasteiger partial charge in [0.15, 0.2) is 0 Å². The molecule has 6 N–H and O–H groups in total. The molecule has 0 radical (unpaired) electrons. The van der Waals surface area contributed by atoms with E-state index in [4.69, 9.17) is 16.6 Å². The fourth-order valence-corrected chi connectivity index (χ4v) is 1.11. The van der Waals surface area contributed by atoms with Crippen molar-refractivity contribution in [3.63, 3.8) is 0 Å². The second-order valence-corrected chi connectivity index (χ2v) is 2.72. The first-order valence-electron chi connectivity index (χ1n) is 3.88. The second kappa shape index (κ2) is 3.90. The van der Waals surface area contributed by atoms with Gasteiger partial charge in [0.1, 0.15) is 5.82 Å². The van der Waals surface area contributed by atoms with Gasteiger partial charge in [-0.25, -0.2) is 0 Å². The minimum atomic E-state index is -0.922. The van der Waals surface area contributed by atoms with E-state index in [0.717, 1.165) is 0 Å². The van der Waals surface area contributed by atoms with Crippen molar-refractivity contribution in [1.82, 2.24) is 10.2 Å². The molecule has 1 heterocycles. The van der Waals surface area contributed by atoms with Crippen LogP contribution in [0.15, 0.2) is 6.07 Å². The van der Waals surface area contributed by atoms with E-state index in [0.29, 0.717) is 24.5 Å². The van der Waals surface area contributed by atoms with Crippen LogP contribution in [-0.4, -0.2) is 27.8 Å². The number of nitrogens with zero attached hydrogens (tertiary/aromatic N) is 1. The Balaban J connectivity index is 2.81. The summed E-state index contributed by atoms with van der Waals surface area (Å²) in [5.74, 6) is -1.28. The third kappa shape index (κ3) is 2.19. The number of anilines is 1. The monoisotopic (exact) mass is 184 g/mol. The van der Waals surface area contributed by atoms with Gasteiger partial charge in [0, 0.05) is 6.07 Å². The van der Waals surface area contributed by atoms with E-state index in [1.165, 1.54) is 6.07 Å². The minimum absolute atomic E-state index is 0.290. The molecule has 0 spiro atoms. The molecule has 0 saturated heterocycles. The summed E-state index contributed by atoms with van der Waals surface area (Å²) in [4.78, 5) is 10.8. The third-order valence-electron chi connectivity index (χ3n) is 1.75. The molecule has 0 aliphatic carbocycles. The van der Waals surface area contributed by atoms with Crippen molar-refractivity contribution in [2.75, 3.05) is 12.3 Å². The number of nitrogens with one attached hydrogen (secondary N) is 1. The molecule has 1 rings (SSSR count). The maximum absolute atomic E-state index is 10.8. The number of nitrogens with two attached hydrogens (primary N) is 2. The quantitative estimate of drug-likeness (QED) is 0.503. The lowest BCUT2D eigenvalue weighted by atomic mass is 10.0. The first-order valence-corrected chi connectivity index (χ1v) is 3.88. The highest BCUT2D eigenvalue weighted by molar-refractivity contribution is 5.75. The topological polar surface area (TPSA) is 118 Å². The normalized spacial score (nSPS) is 12.7. The molecule has 0 amide bonds. The van der Waals surface area contributed by atoms with Crippen molar-refractivity contribution < 1.29 is 9.90 Å². The van der Waals surface area contributed by atoms with Crippen LogP contribution in [0.25, 0.3) is 0 Å². The highest BCUT2D eigenvalue weighted by atomic mass is 16.4. The molecule has 0 aliphatic heterocycles. The SMILES string of the molecule is NCCC(C(=O)O)c1cc(N)n[nH]1. The zero-order valence-corrected chi connectivity index (χ0v) is 7.03. The van der Waals surface area contributed by atoms with Gasteiger partial charge < -0.3 is 16.6 Å². The zero-order chi connectivity index (χ0) is 9.84. The van der Waals surface area contributed by atoms with Gasteiger partial charge in [0.25, 0.3) is 0 Å². The Morgan fingerprint density at radius 2 is 2.46 bits per heavy atom. The highest BCUT2D eigenvalue weighted by Gasteiger charge is 2.20. The smallest absolute Gasteiger partial charge is 0.312 e. The molecule has 6 nitrogen and oxygen atoms in total. The standard InChI is InChI=1S/C7H12N4O2/c8-2-1-4(7(12)13)5-3-6(9)11-10-5/h3-4H,1-2,8H2,(H,12,13)(H3,9,10,11). The number of carboxylic acids is 1. The van der Waals surface area contributed by atoms with Crippen molar-refractivity contribution >= 4 is 11.8 Å². The van der Waals surface area contributed by atoms with E-state index in [9.17, 15) is 4.79 Å². The number of nitrogen functional groups attached to an aromatic ring is 1.